The maximum absolute atomic E-state index is 12.2. The zero-order valence-electron chi connectivity index (χ0n) is 28.1. The molecule has 2 aliphatic heterocycles. The van der Waals surface area contributed by atoms with Gasteiger partial charge in [0.1, 0.15) is 5.84 Å². The quantitative estimate of drug-likeness (QED) is 0.171. The van der Waals surface area contributed by atoms with Crippen LogP contribution in [0.4, 0.5) is 0 Å². The Balaban J connectivity index is 0.000000178. The number of aliphatic carboxylic acids is 2. The number of benzene rings is 3. The number of carbonyl (C=O) groups excluding carboxylic acids is 2. The number of ether oxygens (including phenoxy) is 2. The number of hydrogen-bond acceptors (Lipinski definition) is 8. The minimum absolute atomic E-state index is 0.0332. The van der Waals surface area contributed by atoms with Crippen molar-refractivity contribution in [2.75, 3.05) is 6.54 Å². The highest BCUT2D eigenvalue weighted by Crippen LogP contribution is 2.40. The Bertz CT molecular complexity index is 2010. The zero-order valence-corrected chi connectivity index (χ0v) is 28.1. The van der Waals surface area contributed by atoms with Crippen LogP contribution < -0.4 is 0 Å². The number of esters is 2. The van der Waals surface area contributed by atoms with Gasteiger partial charge in [0.2, 0.25) is 12.2 Å². The molecule has 0 amide bonds. The van der Waals surface area contributed by atoms with Crippen molar-refractivity contribution >= 4 is 40.6 Å². The second kappa shape index (κ2) is 15.1. The summed E-state index contributed by atoms with van der Waals surface area (Å²) in [6.07, 6.45) is 9.98. The number of amidine groups is 1. The number of carboxylic acid groups (broad SMARTS) is 2. The van der Waals surface area contributed by atoms with E-state index in [1.54, 1.807) is 38.1 Å². The Kier molecular flexibility index (Phi) is 10.3. The lowest BCUT2D eigenvalue weighted by Crippen LogP contribution is -2.45. The number of nitrogens with one attached hydrogen (secondary N) is 1. The molecule has 4 aromatic rings. The van der Waals surface area contributed by atoms with Gasteiger partial charge in [0.25, 0.3) is 0 Å². The third-order valence-corrected chi connectivity index (χ3v) is 8.91. The predicted octanol–water partition coefficient (Wildman–Crippen LogP) is 6.71. The molecule has 3 heterocycles. The second-order valence-corrected chi connectivity index (χ2v) is 12.5. The van der Waals surface area contributed by atoms with Crippen LogP contribution in [0.3, 0.4) is 0 Å². The van der Waals surface area contributed by atoms with Crippen molar-refractivity contribution in [3.05, 3.63) is 143 Å². The Labute approximate surface area is 294 Å². The molecule has 0 spiro atoms. The summed E-state index contributed by atoms with van der Waals surface area (Å²) >= 11 is 0. The largest absolute Gasteiger partial charge is 0.478 e. The van der Waals surface area contributed by atoms with Gasteiger partial charge in [0.05, 0.1) is 16.8 Å². The number of nitrogens with zero attached hydrogens (tertiary/aromatic N) is 2. The number of fused-ring (bicyclic) bond motifs is 2. The highest BCUT2D eigenvalue weighted by atomic mass is 16.6. The summed E-state index contributed by atoms with van der Waals surface area (Å²) in [5.41, 5.74) is 6.85. The van der Waals surface area contributed by atoms with Gasteiger partial charge in [0, 0.05) is 42.2 Å². The first-order valence-corrected chi connectivity index (χ1v) is 16.6. The third-order valence-electron chi connectivity index (χ3n) is 8.91. The number of carboxylic acids is 2. The number of aromatic nitrogens is 1. The fourth-order valence-electron chi connectivity index (χ4n) is 6.17. The van der Waals surface area contributed by atoms with E-state index in [2.05, 4.69) is 64.8 Å². The van der Waals surface area contributed by atoms with Crippen LogP contribution in [0.25, 0.3) is 10.9 Å². The molecule has 260 valence electrons. The van der Waals surface area contributed by atoms with Gasteiger partial charge in [-0.2, -0.15) is 0 Å². The summed E-state index contributed by atoms with van der Waals surface area (Å²) in [7, 11) is 0. The SMILES string of the molecule is C1=CC2=C(N=C3CCCN3C=C2)C(c2c[nH]c3ccccc23)C1.Cc1ccc(C(=O)OC(C(=O)O)C(OC(=O)c2ccc(C)cc2)C(=O)O)cc1. The lowest BCUT2D eigenvalue weighted by Gasteiger charge is -2.21. The van der Waals surface area contributed by atoms with Crippen molar-refractivity contribution in [1.29, 1.82) is 0 Å². The Morgan fingerprint density at radius 3 is 2.00 bits per heavy atom. The summed E-state index contributed by atoms with van der Waals surface area (Å²) in [6, 6.07) is 20.6. The van der Waals surface area contributed by atoms with Crippen molar-refractivity contribution in [1.82, 2.24) is 9.88 Å². The number of H-pyrrole nitrogens is 1. The van der Waals surface area contributed by atoms with Crippen LogP contribution in [0.1, 0.15) is 62.6 Å². The van der Waals surface area contributed by atoms with Crippen molar-refractivity contribution < 1.29 is 38.9 Å². The molecule has 11 nitrogen and oxygen atoms in total. The highest BCUT2D eigenvalue weighted by molar-refractivity contribution is 5.95. The number of allylic oxidation sites excluding steroid dienone is 5. The minimum atomic E-state index is -2.22. The fourth-order valence-corrected chi connectivity index (χ4v) is 6.17. The molecule has 11 heteroatoms. The Hall–Kier alpha value is -6.23. The second-order valence-electron chi connectivity index (χ2n) is 12.5. The third kappa shape index (κ3) is 7.83. The first-order chi connectivity index (χ1) is 24.6. The summed E-state index contributed by atoms with van der Waals surface area (Å²) in [4.78, 5) is 58.2. The van der Waals surface area contributed by atoms with Crippen molar-refractivity contribution in [3.63, 3.8) is 0 Å². The van der Waals surface area contributed by atoms with Crippen LogP contribution in [0.15, 0.2) is 120 Å². The van der Waals surface area contributed by atoms with E-state index in [1.807, 2.05) is 0 Å². The van der Waals surface area contributed by atoms with Crippen LogP contribution >= 0.6 is 0 Å². The zero-order chi connectivity index (χ0) is 36.1. The Morgan fingerprint density at radius 1 is 0.824 bits per heavy atom. The molecular formula is C40H37N3O8. The van der Waals surface area contributed by atoms with Crippen LogP contribution in [0.5, 0.6) is 0 Å². The molecule has 1 aliphatic carbocycles. The number of rotatable bonds is 8. The van der Waals surface area contributed by atoms with Crippen molar-refractivity contribution in [2.45, 2.75) is 51.2 Å². The molecule has 3 atom stereocenters. The number of carbonyl (C=O) groups is 4. The number of para-hydroxylation sites is 1. The summed E-state index contributed by atoms with van der Waals surface area (Å²) < 4.78 is 9.64. The molecule has 7 rings (SSSR count). The van der Waals surface area contributed by atoms with Gasteiger partial charge in [-0.1, -0.05) is 65.7 Å². The van der Waals surface area contributed by atoms with E-state index < -0.39 is 36.1 Å². The maximum atomic E-state index is 12.2. The monoisotopic (exact) mass is 687 g/mol. The summed E-state index contributed by atoms with van der Waals surface area (Å²) in [5.74, 6) is -4.06. The average molecular weight is 688 g/mol. The Morgan fingerprint density at radius 2 is 1.41 bits per heavy atom. The lowest BCUT2D eigenvalue weighted by molar-refractivity contribution is -0.166. The van der Waals surface area contributed by atoms with Crippen LogP contribution in [-0.2, 0) is 19.1 Å². The first-order valence-electron chi connectivity index (χ1n) is 16.6. The molecule has 1 fully saturated rings. The fraction of sp³-hybridized carbons (Fsp3) is 0.225. The standard InChI is InChI=1S/C20H19N3.C20H18O8/c1-2-8-18-15(6-1)17(13-21-18)16-7-3-5-14-10-12-23-11-4-9-19(23)22-20(14)16;1-11-3-7-13(8-4-11)19(25)27-15(17(21)22)16(18(23)24)28-20(26)14-9-5-12(2)6-10-14/h1-3,5-6,8,10,12-13,16,21H,4,7,9,11H2;3-10,15-16H,1-2H3,(H,21,22)(H,23,24). The molecule has 1 aromatic heterocycles. The smallest absolute Gasteiger partial charge is 0.349 e. The molecule has 3 aliphatic rings. The number of aromatic amines is 1. The predicted molar refractivity (Wildman–Crippen MR) is 190 cm³/mol. The van der Waals surface area contributed by atoms with Gasteiger partial charge in [-0.15, -0.1) is 0 Å². The molecule has 0 radical (unpaired) electrons. The first kappa shape index (κ1) is 34.6. The van der Waals surface area contributed by atoms with E-state index in [4.69, 9.17) is 14.5 Å². The van der Waals surface area contributed by atoms with Gasteiger partial charge >= 0.3 is 23.9 Å². The molecule has 51 heavy (non-hydrogen) atoms. The highest BCUT2D eigenvalue weighted by Gasteiger charge is 2.41. The van der Waals surface area contributed by atoms with Gasteiger partial charge in [-0.25, -0.2) is 24.2 Å². The van der Waals surface area contributed by atoms with Gasteiger partial charge < -0.3 is 29.6 Å². The van der Waals surface area contributed by atoms with Crippen molar-refractivity contribution in [3.8, 4) is 0 Å². The molecular weight excluding hydrogens is 650 g/mol. The lowest BCUT2D eigenvalue weighted by atomic mass is 9.86. The van der Waals surface area contributed by atoms with Gasteiger partial charge in [0.15, 0.2) is 0 Å². The topological polar surface area (TPSA) is 159 Å². The normalized spacial score (nSPS) is 17.3. The van der Waals surface area contributed by atoms with Crippen LogP contribution in [0.2, 0.25) is 0 Å². The maximum Gasteiger partial charge on any atom is 0.349 e. The van der Waals surface area contributed by atoms with Crippen LogP contribution in [-0.4, -0.2) is 68.6 Å². The van der Waals surface area contributed by atoms with E-state index in [9.17, 15) is 29.4 Å². The molecule has 0 saturated carbocycles. The van der Waals surface area contributed by atoms with E-state index in [1.165, 1.54) is 64.3 Å². The van der Waals surface area contributed by atoms with E-state index in [0.29, 0.717) is 5.92 Å². The summed E-state index contributed by atoms with van der Waals surface area (Å²) in [5, 5.41) is 20.0. The number of hydrogen-bond donors (Lipinski definition) is 3. The van der Waals surface area contributed by atoms with Crippen LogP contribution in [0, 0.1) is 13.8 Å². The minimum Gasteiger partial charge on any atom is -0.478 e. The number of aliphatic imine (C=N–C) groups is 1. The van der Waals surface area contributed by atoms with Crippen molar-refractivity contribution in [2.24, 2.45) is 4.99 Å². The average Bonchev–Trinajstić information content (AvgIpc) is 3.72. The molecule has 3 N–H and O–H groups in total. The van der Waals surface area contributed by atoms with E-state index in [0.717, 1.165) is 30.5 Å². The van der Waals surface area contributed by atoms with Gasteiger partial charge in [-0.3, -0.25) is 0 Å². The molecule has 1 saturated heterocycles. The van der Waals surface area contributed by atoms with E-state index in [-0.39, 0.29) is 11.1 Å². The van der Waals surface area contributed by atoms with E-state index >= 15 is 0 Å². The van der Waals surface area contributed by atoms with Gasteiger partial charge in [-0.05, 0) is 74.2 Å². The molecule has 0 bridgehead atoms. The molecule has 3 unspecified atom stereocenters. The molecule has 3 aromatic carbocycles. The summed E-state index contributed by atoms with van der Waals surface area (Å²) in [6.45, 7) is 4.68. The number of aryl methyl sites for hydroxylation is 2.